The van der Waals surface area contributed by atoms with Gasteiger partial charge in [-0.3, -0.25) is 4.79 Å². The van der Waals surface area contributed by atoms with Crippen molar-refractivity contribution in [1.29, 1.82) is 0 Å². The lowest BCUT2D eigenvalue weighted by Gasteiger charge is -2.41. The number of amides is 3. The normalized spacial score (nSPS) is 29.4. The van der Waals surface area contributed by atoms with E-state index in [1.165, 1.54) is 0 Å². The zero-order valence-electron chi connectivity index (χ0n) is 12.0. The van der Waals surface area contributed by atoms with Gasteiger partial charge in [0.05, 0.1) is 5.92 Å². The third-order valence-electron chi connectivity index (χ3n) is 4.58. The number of likely N-dealkylation sites (tertiary alicyclic amines) is 2. The molecule has 3 amide bonds. The maximum absolute atomic E-state index is 12.5. The highest BCUT2D eigenvalue weighted by Crippen LogP contribution is 2.24. The molecule has 2 unspecified atom stereocenters. The van der Waals surface area contributed by atoms with E-state index in [1.54, 1.807) is 0 Å². The SMILES string of the molecule is CC1CCN(C(=O)N2CC(C(N)=O)CCC2C)CC1. The van der Waals surface area contributed by atoms with Crippen LogP contribution >= 0.6 is 0 Å². The lowest BCUT2D eigenvalue weighted by Crippen LogP contribution is -2.54. The van der Waals surface area contributed by atoms with Gasteiger partial charge in [0.25, 0.3) is 0 Å². The van der Waals surface area contributed by atoms with Crippen LogP contribution in [0.15, 0.2) is 0 Å². The van der Waals surface area contributed by atoms with Crippen molar-refractivity contribution in [2.24, 2.45) is 17.6 Å². The van der Waals surface area contributed by atoms with Crippen LogP contribution in [0.4, 0.5) is 4.79 Å². The van der Waals surface area contributed by atoms with Gasteiger partial charge in [-0.15, -0.1) is 0 Å². The second-order valence-electron chi connectivity index (χ2n) is 6.13. The van der Waals surface area contributed by atoms with Gasteiger partial charge in [-0.05, 0) is 38.5 Å². The zero-order valence-corrected chi connectivity index (χ0v) is 12.0. The van der Waals surface area contributed by atoms with Gasteiger partial charge in [-0.25, -0.2) is 4.79 Å². The first kappa shape index (κ1) is 14.2. The number of urea groups is 1. The Kier molecular flexibility index (Phi) is 4.32. The molecule has 2 fully saturated rings. The van der Waals surface area contributed by atoms with Crippen molar-refractivity contribution < 1.29 is 9.59 Å². The van der Waals surface area contributed by atoms with Gasteiger partial charge < -0.3 is 15.5 Å². The summed E-state index contributed by atoms with van der Waals surface area (Å²) in [5.74, 6) is 0.252. The monoisotopic (exact) mass is 267 g/mol. The van der Waals surface area contributed by atoms with E-state index in [-0.39, 0.29) is 23.9 Å². The first-order chi connectivity index (χ1) is 8.99. The molecule has 5 nitrogen and oxygen atoms in total. The van der Waals surface area contributed by atoms with Gasteiger partial charge in [0.2, 0.25) is 5.91 Å². The highest BCUT2D eigenvalue weighted by Gasteiger charge is 2.34. The number of carbonyl (C=O) groups is 2. The zero-order chi connectivity index (χ0) is 14.0. The number of primary amides is 1. The minimum Gasteiger partial charge on any atom is -0.369 e. The highest BCUT2D eigenvalue weighted by molar-refractivity contribution is 5.79. The molecular formula is C14H25N3O2. The van der Waals surface area contributed by atoms with E-state index < -0.39 is 0 Å². The van der Waals surface area contributed by atoms with Crippen LogP contribution in [-0.4, -0.2) is 47.4 Å². The van der Waals surface area contributed by atoms with Crippen molar-refractivity contribution in [1.82, 2.24) is 9.80 Å². The summed E-state index contributed by atoms with van der Waals surface area (Å²) in [5, 5.41) is 0. The van der Waals surface area contributed by atoms with Gasteiger partial charge in [0, 0.05) is 25.7 Å². The predicted octanol–water partition coefficient (Wildman–Crippen LogP) is 1.42. The quantitative estimate of drug-likeness (QED) is 0.781. The molecule has 2 aliphatic heterocycles. The molecule has 0 aliphatic carbocycles. The van der Waals surface area contributed by atoms with Crippen LogP contribution in [0.5, 0.6) is 0 Å². The van der Waals surface area contributed by atoms with E-state index in [1.807, 2.05) is 9.80 Å². The van der Waals surface area contributed by atoms with Crippen LogP contribution in [0, 0.1) is 11.8 Å². The number of carbonyl (C=O) groups excluding carboxylic acids is 2. The number of piperidine rings is 2. The molecule has 19 heavy (non-hydrogen) atoms. The minimum absolute atomic E-state index is 0.0883. The fraction of sp³-hybridized carbons (Fsp3) is 0.857. The van der Waals surface area contributed by atoms with Gasteiger partial charge in [0.1, 0.15) is 0 Å². The van der Waals surface area contributed by atoms with Gasteiger partial charge >= 0.3 is 6.03 Å². The molecule has 2 saturated heterocycles. The number of rotatable bonds is 1. The van der Waals surface area contributed by atoms with Gasteiger partial charge in [-0.1, -0.05) is 6.92 Å². The van der Waals surface area contributed by atoms with E-state index in [4.69, 9.17) is 5.73 Å². The van der Waals surface area contributed by atoms with Crippen molar-refractivity contribution in [3.8, 4) is 0 Å². The molecule has 0 aromatic carbocycles. The average molecular weight is 267 g/mol. The molecule has 0 bridgehead atoms. The molecule has 2 atom stereocenters. The molecule has 108 valence electrons. The third kappa shape index (κ3) is 3.19. The summed E-state index contributed by atoms with van der Waals surface area (Å²) in [6, 6.07) is 0.299. The molecule has 2 rings (SSSR count). The average Bonchev–Trinajstić information content (AvgIpc) is 2.39. The first-order valence-electron chi connectivity index (χ1n) is 7.34. The lowest BCUT2D eigenvalue weighted by molar-refractivity contribution is -0.123. The topological polar surface area (TPSA) is 66.6 Å². The molecule has 5 heteroatoms. The molecule has 2 N–H and O–H groups in total. The fourth-order valence-electron chi connectivity index (χ4n) is 2.99. The Morgan fingerprint density at radius 2 is 1.68 bits per heavy atom. The Bertz CT molecular complexity index is 351. The number of nitrogens with two attached hydrogens (primary N) is 1. The first-order valence-corrected chi connectivity index (χ1v) is 7.34. The van der Waals surface area contributed by atoms with Crippen molar-refractivity contribution in [2.45, 2.75) is 45.6 Å². The summed E-state index contributed by atoms with van der Waals surface area (Å²) in [6.45, 7) is 6.45. The predicted molar refractivity (Wildman–Crippen MR) is 73.5 cm³/mol. The second kappa shape index (κ2) is 5.80. The molecular weight excluding hydrogens is 242 g/mol. The summed E-state index contributed by atoms with van der Waals surface area (Å²) in [4.78, 5) is 27.6. The van der Waals surface area contributed by atoms with E-state index in [0.29, 0.717) is 12.5 Å². The summed E-state index contributed by atoms with van der Waals surface area (Å²) in [5.41, 5.74) is 5.38. The maximum Gasteiger partial charge on any atom is 0.320 e. The highest BCUT2D eigenvalue weighted by atomic mass is 16.2. The molecule has 0 saturated carbocycles. The molecule has 0 aromatic rings. The second-order valence-corrected chi connectivity index (χ2v) is 6.13. The van der Waals surface area contributed by atoms with Crippen LogP contribution in [0.1, 0.15) is 39.5 Å². The van der Waals surface area contributed by atoms with Crippen LogP contribution < -0.4 is 5.73 Å². The molecule has 2 aliphatic rings. The minimum atomic E-state index is -0.281. The molecule has 0 spiro atoms. The van der Waals surface area contributed by atoms with Crippen molar-refractivity contribution in [3.63, 3.8) is 0 Å². The van der Waals surface area contributed by atoms with E-state index in [9.17, 15) is 9.59 Å². The molecule has 2 heterocycles. The number of hydrogen-bond acceptors (Lipinski definition) is 2. The van der Waals surface area contributed by atoms with Gasteiger partial charge in [-0.2, -0.15) is 0 Å². The molecule has 0 aromatic heterocycles. The summed E-state index contributed by atoms with van der Waals surface area (Å²) < 4.78 is 0. The smallest absolute Gasteiger partial charge is 0.320 e. The van der Waals surface area contributed by atoms with Crippen LogP contribution in [0.2, 0.25) is 0 Å². The Balaban J connectivity index is 1.98. The van der Waals surface area contributed by atoms with Crippen molar-refractivity contribution in [3.05, 3.63) is 0 Å². The van der Waals surface area contributed by atoms with Crippen molar-refractivity contribution >= 4 is 11.9 Å². The van der Waals surface area contributed by atoms with E-state index >= 15 is 0 Å². The van der Waals surface area contributed by atoms with Gasteiger partial charge in [0.15, 0.2) is 0 Å². The number of nitrogens with zero attached hydrogens (tertiary/aromatic N) is 2. The Labute approximate surface area is 115 Å². The largest absolute Gasteiger partial charge is 0.369 e. The lowest BCUT2D eigenvalue weighted by atomic mass is 9.93. The Hall–Kier alpha value is -1.26. The maximum atomic E-state index is 12.5. The van der Waals surface area contributed by atoms with Crippen LogP contribution in [0.25, 0.3) is 0 Å². The molecule has 0 radical (unpaired) electrons. The summed E-state index contributed by atoms with van der Waals surface area (Å²) in [7, 11) is 0. The van der Waals surface area contributed by atoms with Crippen LogP contribution in [-0.2, 0) is 4.79 Å². The Morgan fingerprint density at radius 1 is 1.05 bits per heavy atom. The van der Waals surface area contributed by atoms with Crippen LogP contribution in [0.3, 0.4) is 0 Å². The Morgan fingerprint density at radius 3 is 2.26 bits per heavy atom. The fourth-order valence-corrected chi connectivity index (χ4v) is 2.99. The van der Waals surface area contributed by atoms with E-state index in [0.717, 1.165) is 38.8 Å². The number of hydrogen-bond donors (Lipinski definition) is 1. The van der Waals surface area contributed by atoms with E-state index in [2.05, 4.69) is 13.8 Å². The van der Waals surface area contributed by atoms with Crippen molar-refractivity contribution in [2.75, 3.05) is 19.6 Å². The standard InChI is InChI=1S/C14H25N3O2/c1-10-5-7-16(8-6-10)14(19)17-9-12(13(15)18)4-3-11(17)2/h10-12H,3-9H2,1-2H3,(H2,15,18). The summed E-state index contributed by atoms with van der Waals surface area (Å²) >= 11 is 0. The third-order valence-corrected chi connectivity index (χ3v) is 4.58. The summed E-state index contributed by atoms with van der Waals surface area (Å²) in [6.07, 6.45) is 3.82.